The first-order valence-corrected chi connectivity index (χ1v) is 13.8. The van der Waals surface area contributed by atoms with Crippen LogP contribution in [0.15, 0.2) is 72.4 Å². The highest BCUT2D eigenvalue weighted by atomic mass is 28.3. The van der Waals surface area contributed by atoms with Gasteiger partial charge in [-0.2, -0.15) is 0 Å². The number of hydrogen-bond acceptors (Lipinski definition) is 0. The second-order valence-corrected chi connectivity index (χ2v) is 15.1. The minimum absolute atomic E-state index is 1.40. The Labute approximate surface area is 136 Å². The van der Waals surface area contributed by atoms with Crippen molar-refractivity contribution in [2.45, 2.75) is 26.2 Å². The van der Waals surface area contributed by atoms with Gasteiger partial charge < -0.3 is 0 Å². The summed E-state index contributed by atoms with van der Waals surface area (Å²) >= 11 is 0. The Hall–Kier alpha value is -1.83. The van der Waals surface area contributed by atoms with E-state index in [9.17, 15) is 0 Å². The Balaban J connectivity index is 2.13. The van der Waals surface area contributed by atoms with Gasteiger partial charge in [-0.15, -0.1) is 5.54 Å². The minimum Gasteiger partial charge on any atom is -0.121 e. The molecule has 0 saturated heterocycles. The van der Waals surface area contributed by atoms with E-state index >= 15 is 0 Å². The molecule has 0 unspecified atom stereocenters. The van der Waals surface area contributed by atoms with Crippen molar-refractivity contribution >= 4 is 26.5 Å². The number of hydrogen-bond donors (Lipinski definition) is 0. The largest absolute Gasteiger partial charge is 0.163 e. The third-order valence-electron chi connectivity index (χ3n) is 3.98. The van der Waals surface area contributed by atoms with Crippen molar-refractivity contribution < 1.29 is 0 Å². The lowest BCUT2D eigenvalue weighted by Gasteiger charge is -2.17. The molecule has 0 heterocycles. The molecule has 0 amide bonds. The standard InChI is InChI=1S/C20H24Si2/c1-21(2,19-13-7-5-8-14-19)17-11-12-18-22(3,4)20-15-9-6-10-16-20/h5-11,13-17H,1-4H3/b17-11-. The summed E-state index contributed by atoms with van der Waals surface area (Å²) < 4.78 is 0. The van der Waals surface area contributed by atoms with E-state index in [-0.39, 0.29) is 0 Å². The van der Waals surface area contributed by atoms with Crippen molar-refractivity contribution in [2.75, 3.05) is 0 Å². The van der Waals surface area contributed by atoms with Crippen LogP contribution in [0.1, 0.15) is 0 Å². The lowest BCUT2D eigenvalue weighted by atomic mass is 10.4. The molecule has 0 spiro atoms. The fourth-order valence-corrected chi connectivity index (χ4v) is 5.72. The number of benzene rings is 2. The zero-order chi connectivity index (χ0) is 16.1. The van der Waals surface area contributed by atoms with Gasteiger partial charge in [0.1, 0.15) is 8.07 Å². The highest BCUT2D eigenvalue weighted by molar-refractivity contribution is 6.96. The first-order valence-electron chi connectivity index (χ1n) is 7.73. The van der Waals surface area contributed by atoms with Gasteiger partial charge in [-0.25, -0.2) is 0 Å². The second kappa shape index (κ2) is 6.96. The van der Waals surface area contributed by atoms with Crippen molar-refractivity contribution in [2.24, 2.45) is 0 Å². The molecule has 0 N–H and O–H groups in total. The molecule has 0 aliphatic carbocycles. The Bertz CT molecular complexity index is 687. The summed E-state index contributed by atoms with van der Waals surface area (Å²) in [6, 6.07) is 21.4. The molecule has 22 heavy (non-hydrogen) atoms. The van der Waals surface area contributed by atoms with Crippen LogP contribution < -0.4 is 10.4 Å². The van der Waals surface area contributed by atoms with E-state index in [0.29, 0.717) is 0 Å². The summed E-state index contributed by atoms with van der Waals surface area (Å²) in [5, 5.41) is 2.85. The molecule has 2 aromatic rings. The lowest BCUT2D eigenvalue weighted by molar-refractivity contribution is 1.71. The summed E-state index contributed by atoms with van der Waals surface area (Å²) in [6.07, 6.45) is 2.08. The van der Waals surface area contributed by atoms with Crippen LogP contribution in [0.5, 0.6) is 0 Å². The smallest absolute Gasteiger partial charge is 0.121 e. The highest BCUT2D eigenvalue weighted by Gasteiger charge is 2.20. The maximum atomic E-state index is 3.52. The van der Waals surface area contributed by atoms with Crippen LogP contribution in [0.3, 0.4) is 0 Å². The third-order valence-corrected chi connectivity index (χ3v) is 9.35. The van der Waals surface area contributed by atoms with Crippen LogP contribution >= 0.6 is 0 Å². The van der Waals surface area contributed by atoms with Gasteiger partial charge in [-0.05, 0) is 11.3 Å². The summed E-state index contributed by atoms with van der Waals surface area (Å²) in [7, 11) is -3.17. The van der Waals surface area contributed by atoms with Gasteiger partial charge in [-0.1, -0.05) is 104 Å². The van der Waals surface area contributed by atoms with Crippen LogP contribution in [0.4, 0.5) is 0 Å². The molecule has 0 atom stereocenters. The van der Waals surface area contributed by atoms with Gasteiger partial charge in [0.05, 0.1) is 0 Å². The molecule has 0 aromatic heterocycles. The first kappa shape index (κ1) is 16.5. The maximum absolute atomic E-state index is 3.52. The second-order valence-electron chi connectivity index (χ2n) is 6.68. The van der Waals surface area contributed by atoms with E-state index in [2.05, 4.69) is 110 Å². The van der Waals surface area contributed by atoms with Crippen molar-refractivity contribution in [3.05, 3.63) is 72.4 Å². The van der Waals surface area contributed by atoms with E-state index in [0.717, 1.165) is 0 Å². The zero-order valence-corrected chi connectivity index (χ0v) is 15.9. The monoisotopic (exact) mass is 320 g/mol. The molecule has 0 fully saturated rings. The van der Waals surface area contributed by atoms with Crippen molar-refractivity contribution in [1.29, 1.82) is 0 Å². The lowest BCUT2D eigenvalue weighted by Crippen LogP contribution is -2.40. The molecule has 2 rings (SSSR count). The predicted molar refractivity (Wildman–Crippen MR) is 104 cm³/mol. The van der Waals surface area contributed by atoms with Crippen LogP contribution in [0.2, 0.25) is 26.2 Å². The molecule has 2 aromatic carbocycles. The Morgan fingerprint density at radius 3 is 1.77 bits per heavy atom. The highest BCUT2D eigenvalue weighted by Crippen LogP contribution is 2.05. The van der Waals surface area contributed by atoms with E-state index in [4.69, 9.17) is 0 Å². The van der Waals surface area contributed by atoms with Gasteiger partial charge in [0.25, 0.3) is 0 Å². The molecule has 112 valence electrons. The van der Waals surface area contributed by atoms with Crippen molar-refractivity contribution in [3.8, 4) is 11.5 Å². The van der Waals surface area contributed by atoms with Gasteiger partial charge in [0.2, 0.25) is 0 Å². The molecular formula is C20H24Si2. The molecular weight excluding hydrogens is 296 g/mol. The van der Waals surface area contributed by atoms with Gasteiger partial charge >= 0.3 is 0 Å². The van der Waals surface area contributed by atoms with E-state index in [1.54, 1.807) is 0 Å². The number of rotatable bonds is 3. The fraction of sp³-hybridized carbons (Fsp3) is 0.200. The summed E-state index contributed by atoms with van der Waals surface area (Å²) in [6.45, 7) is 9.34. The topological polar surface area (TPSA) is 0 Å². The summed E-state index contributed by atoms with van der Waals surface area (Å²) in [5.74, 6) is 3.32. The molecule has 0 bridgehead atoms. The normalized spacial score (nSPS) is 12.0. The quantitative estimate of drug-likeness (QED) is 0.595. The maximum Gasteiger partial charge on any atom is 0.163 e. The molecule has 0 aliphatic heterocycles. The SMILES string of the molecule is C[Si](C)(C#C/C=C\[Si](C)(C)c1ccccc1)c1ccccc1. The van der Waals surface area contributed by atoms with E-state index in [1.807, 2.05) is 0 Å². The average Bonchev–Trinajstić information content (AvgIpc) is 2.53. The first-order chi connectivity index (χ1) is 10.4. The molecule has 0 radical (unpaired) electrons. The molecule has 2 heteroatoms. The fourth-order valence-electron chi connectivity index (χ4n) is 2.36. The van der Waals surface area contributed by atoms with Gasteiger partial charge in [0.15, 0.2) is 8.07 Å². The van der Waals surface area contributed by atoms with Crippen LogP contribution in [0.25, 0.3) is 0 Å². The van der Waals surface area contributed by atoms with Gasteiger partial charge in [-0.3, -0.25) is 0 Å². The molecule has 0 saturated carbocycles. The van der Waals surface area contributed by atoms with E-state index in [1.165, 1.54) is 10.4 Å². The summed E-state index contributed by atoms with van der Waals surface area (Å²) in [5.41, 5.74) is 5.86. The van der Waals surface area contributed by atoms with Crippen molar-refractivity contribution in [3.63, 3.8) is 0 Å². The average molecular weight is 321 g/mol. The van der Waals surface area contributed by atoms with Crippen LogP contribution in [-0.4, -0.2) is 16.1 Å². The molecule has 0 nitrogen and oxygen atoms in total. The van der Waals surface area contributed by atoms with Crippen molar-refractivity contribution in [1.82, 2.24) is 0 Å². The van der Waals surface area contributed by atoms with Crippen LogP contribution in [0, 0.1) is 11.5 Å². The molecule has 0 aliphatic rings. The Morgan fingerprint density at radius 2 is 1.23 bits per heavy atom. The third kappa shape index (κ3) is 4.33. The minimum atomic E-state index is -1.65. The van der Waals surface area contributed by atoms with Gasteiger partial charge in [0, 0.05) is 0 Å². The zero-order valence-electron chi connectivity index (χ0n) is 13.9. The van der Waals surface area contributed by atoms with E-state index < -0.39 is 16.1 Å². The Morgan fingerprint density at radius 1 is 0.727 bits per heavy atom. The Kier molecular flexibility index (Phi) is 5.23. The predicted octanol–water partition coefficient (Wildman–Crippen LogP) is 3.86. The van der Waals surface area contributed by atoms with Crippen LogP contribution in [-0.2, 0) is 0 Å². The summed E-state index contributed by atoms with van der Waals surface area (Å²) in [4.78, 5) is 0. The number of allylic oxidation sites excluding steroid dienone is 1.